The summed E-state index contributed by atoms with van der Waals surface area (Å²) in [6.07, 6.45) is 1.46. The first kappa shape index (κ1) is 20.7. The van der Waals surface area contributed by atoms with Crippen molar-refractivity contribution in [3.05, 3.63) is 29.3 Å². The number of anilines is 1. The number of hydrogen-bond acceptors (Lipinski definition) is 4. The van der Waals surface area contributed by atoms with Gasteiger partial charge >= 0.3 is 12.0 Å². The number of carbonyl (C=O) groups is 3. The van der Waals surface area contributed by atoms with Crippen molar-refractivity contribution in [3.8, 4) is 0 Å². The maximum atomic E-state index is 12.2. The Morgan fingerprint density at radius 2 is 1.89 bits per heavy atom. The van der Waals surface area contributed by atoms with Crippen molar-refractivity contribution in [2.24, 2.45) is 0 Å². The minimum atomic E-state index is -0.839. The van der Waals surface area contributed by atoms with Gasteiger partial charge in [-0.25, -0.2) is 4.79 Å². The van der Waals surface area contributed by atoms with Gasteiger partial charge in [-0.15, -0.1) is 0 Å². The summed E-state index contributed by atoms with van der Waals surface area (Å²) in [6, 6.07) is 5.11. The SMILES string of the molecule is CCN(CC(=O)O)C1CC(NC(=O)Nc2ccc(C)c(C(=O)N(C)C)c2)C1. The molecule has 0 bridgehead atoms. The van der Waals surface area contributed by atoms with Crippen molar-refractivity contribution in [1.82, 2.24) is 15.1 Å². The van der Waals surface area contributed by atoms with Crippen LogP contribution in [0.5, 0.6) is 0 Å². The number of carboxylic acid groups (broad SMARTS) is 1. The molecule has 2 rings (SSSR count). The monoisotopic (exact) mass is 376 g/mol. The average molecular weight is 376 g/mol. The molecule has 0 spiro atoms. The number of benzene rings is 1. The predicted octanol–water partition coefficient (Wildman–Crippen LogP) is 1.76. The van der Waals surface area contributed by atoms with Crippen molar-refractivity contribution in [3.63, 3.8) is 0 Å². The molecule has 0 aromatic heterocycles. The molecule has 3 N–H and O–H groups in total. The summed E-state index contributed by atoms with van der Waals surface area (Å²) in [4.78, 5) is 38.7. The minimum Gasteiger partial charge on any atom is -0.480 e. The third-order valence-corrected chi connectivity index (χ3v) is 4.84. The van der Waals surface area contributed by atoms with E-state index in [-0.39, 0.29) is 30.6 Å². The molecule has 8 nitrogen and oxygen atoms in total. The lowest BCUT2D eigenvalue weighted by molar-refractivity contribution is -0.139. The van der Waals surface area contributed by atoms with Gasteiger partial charge in [-0.3, -0.25) is 14.5 Å². The average Bonchev–Trinajstić information content (AvgIpc) is 2.56. The number of hydrogen-bond donors (Lipinski definition) is 3. The van der Waals surface area contributed by atoms with E-state index < -0.39 is 5.97 Å². The number of nitrogens with one attached hydrogen (secondary N) is 2. The van der Waals surface area contributed by atoms with Gasteiger partial charge in [0, 0.05) is 37.4 Å². The van der Waals surface area contributed by atoms with Crippen molar-refractivity contribution in [2.45, 2.75) is 38.8 Å². The Balaban J connectivity index is 1.88. The molecular weight excluding hydrogens is 348 g/mol. The predicted molar refractivity (Wildman–Crippen MR) is 103 cm³/mol. The van der Waals surface area contributed by atoms with Crippen LogP contribution in [-0.2, 0) is 4.79 Å². The number of aryl methyl sites for hydroxylation is 1. The van der Waals surface area contributed by atoms with Crippen LogP contribution in [-0.4, -0.2) is 72.1 Å². The van der Waals surface area contributed by atoms with E-state index in [1.165, 1.54) is 4.90 Å². The first-order chi connectivity index (χ1) is 12.7. The first-order valence-corrected chi connectivity index (χ1v) is 9.07. The van der Waals surface area contributed by atoms with E-state index >= 15 is 0 Å². The van der Waals surface area contributed by atoms with Gasteiger partial charge in [0.2, 0.25) is 0 Å². The summed E-state index contributed by atoms with van der Waals surface area (Å²) in [5.74, 6) is -0.954. The largest absolute Gasteiger partial charge is 0.480 e. The number of rotatable bonds is 7. The van der Waals surface area contributed by atoms with Crippen LogP contribution in [0.3, 0.4) is 0 Å². The lowest BCUT2D eigenvalue weighted by atomic mass is 9.85. The highest BCUT2D eigenvalue weighted by Gasteiger charge is 2.34. The first-order valence-electron chi connectivity index (χ1n) is 9.07. The Kier molecular flexibility index (Phi) is 6.79. The van der Waals surface area contributed by atoms with E-state index in [2.05, 4.69) is 10.6 Å². The quantitative estimate of drug-likeness (QED) is 0.673. The van der Waals surface area contributed by atoms with Crippen LogP contribution >= 0.6 is 0 Å². The van der Waals surface area contributed by atoms with Crippen LogP contribution in [0.25, 0.3) is 0 Å². The molecule has 0 saturated heterocycles. The zero-order chi connectivity index (χ0) is 20.1. The molecular formula is C19H28N4O4. The summed E-state index contributed by atoms with van der Waals surface area (Å²) in [5.41, 5.74) is 1.95. The number of nitrogens with zero attached hydrogens (tertiary/aromatic N) is 2. The molecule has 0 aliphatic heterocycles. The van der Waals surface area contributed by atoms with Crippen molar-refractivity contribution < 1.29 is 19.5 Å². The second-order valence-electron chi connectivity index (χ2n) is 7.11. The van der Waals surface area contributed by atoms with E-state index in [0.29, 0.717) is 17.8 Å². The molecule has 8 heteroatoms. The second kappa shape index (κ2) is 8.85. The highest BCUT2D eigenvalue weighted by Crippen LogP contribution is 2.25. The molecule has 1 fully saturated rings. The van der Waals surface area contributed by atoms with Gasteiger partial charge in [-0.1, -0.05) is 13.0 Å². The summed E-state index contributed by atoms with van der Waals surface area (Å²) >= 11 is 0. The Morgan fingerprint density at radius 1 is 1.22 bits per heavy atom. The standard InChI is InChI=1S/C19H28N4O4/c1-5-23(11-17(24)25)15-8-14(9-15)21-19(27)20-13-7-6-12(2)16(10-13)18(26)22(3)4/h6-7,10,14-15H,5,8-9,11H2,1-4H3,(H,24,25)(H2,20,21,27). The van der Waals surface area contributed by atoms with E-state index in [0.717, 1.165) is 18.4 Å². The third-order valence-electron chi connectivity index (χ3n) is 4.84. The maximum absolute atomic E-state index is 12.2. The number of carboxylic acids is 1. The highest BCUT2D eigenvalue weighted by molar-refractivity contribution is 5.98. The number of likely N-dealkylation sites (N-methyl/N-ethyl adjacent to an activating group) is 1. The van der Waals surface area contributed by atoms with Crippen LogP contribution < -0.4 is 10.6 Å². The van der Waals surface area contributed by atoms with Gasteiger partial charge in [0.15, 0.2) is 0 Å². The highest BCUT2D eigenvalue weighted by atomic mass is 16.4. The van der Waals surface area contributed by atoms with E-state index in [1.54, 1.807) is 32.3 Å². The van der Waals surface area contributed by atoms with Crippen LogP contribution in [0.1, 0.15) is 35.7 Å². The van der Waals surface area contributed by atoms with Crippen LogP contribution in [0.15, 0.2) is 18.2 Å². The molecule has 148 valence electrons. The van der Waals surface area contributed by atoms with Gasteiger partial charge in [-0.2, -0.15) is 0 Å². The fraction of sp³-hybridized carbons (Fsp3) is 0.526. The molecule has 0 radical (unpaired) electrons. The Morgan fingerprint density at radius 3 is 2.44 bits per heavy atom. The normalized spacial score (nSPS) is 18.6. The van der Waals surface area contributed by atoms with Gasteiger partial charge < -0.3 is 20.6 Å². The topological polar surface area (TPSA) is 102 Å². The number of amides is 3. The lowest BCUT2D eigenvalue weighted by Crippen LogP contribution is -2.55. The smallest absolute Gasteiger partial charge is 0.319 e. The fourth-order valence-electron chi connectivity index (χ4n) is 3.20. The van der Waals surface area contributed by atoms with Gasteiger partial charge in [0.05, 0.1) is 6.54 Å². The molecule has 1 aromatic rings. The molecule has 27 heavy (non-hydrogen) atoms. The summed E-state index contributed by atoms with van der Waals surface area (Å²) in [6.45, 7) is 4.47. The summed E-state index contributed by atoms with van der Waals surface area (Å²) in [5, 5.41) is 14.6. The van der Waals surface area contributed by atoms with Gasteiger partial charge in [-0.05, 0) is 44.0 Å². The molecule has 0 unspecified atom stereocenters. The zero-order valence-corrected chi connectivity index (χ0v) is 16.3. The van der Waals surface area contributed by atoms with Gasteiger partial charge in [0.25, 0.3) is 5.91 Å². The van der Waals surface area contributed by atoms with Crippen LogP contribution in [0.4, 0.5) is 10.5 Å². The van der Waals surface area contributed by atoms with Crippen molar-refractivity contribution >= 4 is 23.6 Å². The summed E-state index contributed by atoms with van der Waals surface area (Å²) < 4.78 is 0. The summed E-state index contributed by atoms with van der Waals surface area (Å²) in [7, 11) is 3.37. The maximum Gasteiger partial charge on any atom is 0.319 e. The second-order valence-corrected chi connectivity index (χ2v) is 7.11. The lowest BCUT2D eigenvalue weighted by Gasteiger charge is -2.42. The molecule has 1 saturated carbocycles. The molecule has 1 aliphatic rings. The number of urea groups is 1. The van der Waals surface area contributed by atoms with Crippen LogP contribution in [0, 0.1) is 6.92 Å². The van der Waals surface area contributed by atoms with E-state index in [4.69, 9.17) is 5.11 Å². The molecule has 0 atom stereocenters. The zero-order valence-electron chi connectivity index (χ0n) is 16.3. The number of carbonyl (C=O) groups excluding carboxylic acids is 2. The molecule has 3 amide bonds. The van der Waals surface area contributed by atoms with Crippen molar-refractivity contribution in [1.29, 1.82) is 0 Å². The Labute approximate surface area is 159 Å². The number of aliphatic carboxylic acids is 1. The fourth-order valence-corrected chi connectivity index (χ4v) is 3.20. The molecule has 0 heterocycles. The van der Waals surface area contributed by atoms with Gasteiger partial charge in [0.1, 0.15) is 0 Å². The van der Waals surface area contributed by atoms with Crippen LogP contribution in [0.2, 0.25) is 0 Å². The minimum absolute atomic E-state index is 0.0196. The molecule has 1 aromatic carbocycles. The Bertz CT molecular complexity index is 714. The van der Waals surface area contributed by atoms with Crippen molar-refractivity contribution in [2.75, 3.05) is 32.5 Å². The molecule has 1 aliphatic carbocycles. The van der Waals surface area contributed by atoms with E-state index in [9.17, 15) is 14.4 Å². The third kappa shape index (κ3) is 5.43. The Hall–Kier alpha value is -2.61. The van der Waals surface area contributed by atoms with E-state index in [1.807, 2.05) is 18.7 Å².